The number of pyridine rings is 2. The van der Waals surface area contributed by atoms with Gasteiger partial charge in [0, 0.05) is 19.3 Å². The van der Waals surface area contributed by atoms with E-state index in [0.29, 0.717) is 36.6 Å². The van der Waals surface area contributed by atoms with Gasteiger partial charge in [-0.3, -0.25) is 15.0 Å². The van der Waals surface area contributed by atoms with Crippen molar-refractivity contribution in [3.63, 3.8) is 0 Å². The highest BCUT2D eigenvalue weighted by Crippen LogP contribution is 2.41. The summed E-state index contributed by atoms with van der Waals surface area (Å²) >= 11 is 0. The van der Waals surface area contributed by atoms with Gasteiger partial charge in [0.2, 0.25) is 0 Å². The highest BCUT2D eigenvalue weighted by Gasteiger charge is 2.42. The Kier molecular flexibility index (Phi) is 5.19. The Balaban J connectivity index is 1.68. The molecule has 8 nitrogen and oxygen atoms in total. The molecule has 0 unspecified atom stereocenters. The molecule has 3 amide bonds. The van der Waals surface area contributed by atoms with Crippen LogP contribution in [-0.4, -0.2) is 53.3 Å². The second kappa shape index (κ2) is 7.71. The van der Waals surface area contributed by atoms with E-state index in [1.54, 1.807) is 31.3 Å². The van der Waals surface area contributed by atoms with Crippen molar-refractivity contribution >= 4 is 29.3 Å². The van der Waals surface area contributed by atoms with Crippen LogP contribution in [0.2, 0.25) is 0 Å². The first-order valence-electron chi connectivity index (χ1n) is 9.80. The molecule has 164 valence electrons. The van der Waals surface area contributed by atoms with Gasteiger partial charge in [-0.05, 0) is 44.0 Å². The first-order valence-corrected chi connectivity index (χ1v) is 9.80. The van der Waals surface area contributed by atoms with Gasteiger partial charge < -0.3 is 10.2 Å². The summed E-state index contributed by atoms with van der Waals surface area (Å²) in [6, 6.07) is 3.89. The van der Waals surface area contributed by atoms with Gasteiger partial charge >= 0.3 is 12.2 Å². The number of urea groups is 1. The standard InChI is InChI=1S/C20H21F3N6O2/c1-11-9-14(18(30)25-12(2)20(21,22)23)26-17-16(11)28-8-6-13(10-28)29(17)19(31)27-15-5-3-4-7-24-15/h3-5,7,9,12-13H,6,8,10H2,1-2H3,(H,25,30)(H,24,27,31)/t12-,13+/m1/s1. The van der Waals surface area contributed by atoms with E-state index in [9.17, 15) is 22.8 Å². The zero-order chi connectivity index (χ0) is 22.3. The van der Waals surface area contributed by atoms with Gasteiger partial charge in [-0.25, -0.2) is 14.8 Å². The monoisotopic (exact) mass is 434 g/mol. The summed E-state index contributed by atoms with van der Waals surface area (Å²) < 4.78 is 38.6. The third-order valence-corrected chi connectivity index (χ3v) is 5.43. The fraction of sp³-hybridized carbons (Fsp3) is 0.400. The Morgan fingerprint density at radius 3 is 2.74 bits per heavy atom. The number of anilines is 3. The molecule has 0 saturated carbocycles. The SMILES string of the molecule is Cc1cc(C(=O)N[C@H](C)C(F)(F)F)nc2c1N1CC[C@@H](C1)N2C(=O)Nc1ccccn1. The number of fused-ring (bicyclic) bond motifs is 4. The second-order valence-electron chi connectivity index (χ2n) is 7.64. The summed E-state index contributed by atoms with van der Waals surface area (Å²) in [7, 11) is 0. The number of aryl methyl sites for hydroxylation is 1. The van der Waals surface area contributed by atoms with E-state index in [1.807, 2.05) is 5.32 Å². The maximum atomic E-state index is 13.1. The molecule has 2 aliphatic rings. The topological polar surface area (TPSA) is 90.5 Å². The summed E-state index contributed by atoms with van der Waals surface area (Å²) in [5.41, 5.74) is 1.18. The molecule has 2 aromatic rings. The van der Waals surface area contributed by atoms with Gasteiger partial charge in [-0.1, -0.05) is 6.07 Å². The number of hydrogen-bond donors (Lipinski definition) is 2. The van der Waals surface area contributed by atoms with E-state index >= 15 is 0 Å². The number of carbonyl (C=O) groups excluding carboxylic acids is 2. The Hall–Kier alpha value is -3.37. The third kappa shape index (κ3) is 3.99. The molecule has 4 heterocycles. The molecule has 11 heteroatoms. The van der Waals surface area contributed by atoms with Gasteiger partial charge in [0.1, 0.15) is 17.6 Å². The van der Waals surface area contributed by atoms with Crippen LogP contribution in [-0.2, 0) is 0 Å². The molecule has 0 spiro atoms. The maximum Gasteiger partial charge on any atom is 0.408 e. The number of nitrogens with zero attached hydrogens (tertiary/aromatic N) is 4. The van der Waals surface area contributed by atoms with Crippen LogP contribution >= 0.6 is 0 Å². The van der Waals surface area contributed by atoms with E-state index in [4.69, 9.17) is 0 Å². The van der Waals surface area contributed by atoms with E-state index in [0.717, 1.165) is 6.92 Å². The molecule has 1 saturated heterocycles. The van der Waals surface area contributed by atoms with Gasteiger partial charge in [-0.15, -0.1) is 0 Å². The average Bonchev–Trinajstić information content (AvgIpc) is 3.11. The number of alkyl halides is 3. The predicted octanol–water partition coefficient (Wildman–Crippen LogP) is 3.10. The van der Waals surface area contributed by atoms with Crippen molar-refractivity contribution in [3.05, 3.63) is 41.7 Å². The molecular weight excluding hydrogens is 413 g/mol. The molecule has 1 fully saturated rings. The van der Waals surface area contributed by atoms with E-state index in [-0.39, 0.29) is 17.6 Å². The minimum atomic E-state index is -4.57. The molecule has 2 aliphatic heterocycles. The summed E-state index contributed by atoms with van der Waals surface area (Å²) in [4.78, 5) is 37.5. The van der Waals surface area contributed by atoms with Crippen molar-refractivity contribution in [3.8, 4) is 0 Å². The quantitative estimate of drug-likeness (QED) is 0.775. The Morgan fingerprint density at radius 1 is 1.29 bits per heavy atom. The number of halogens is 3. The van der Waals surface area contributed by atoms with Crippen LogP contribution in [0.25, 0.3) is 0 Å². The zero-order valence-corrected chi connectivity index (χ0v) is 16.9. The van der Waals surface area contributed by atoms with Gasteiger partial charge in [0.05, 0.1) is 11.7 Å². The van der Waals surface area contributed by atoms with Gasteiger partial charge in [0.15, 0.2) is 5.82 Å². The molecule has 2 bridgehead atoms. The minimum absolute atomic E-state index is 0.171. The third-order valence-electron chi connectivity index (χ3n) is 5.43. The Bertz CT molecular complexity index is 1010. The van der Waals surface area contributed by atoms with Crippen molar-refractivity contribution < 1.29 is 22.8 Å². The number of amides is 3. The lowest BCUT2D eigenvalue weighted by atomic mass is 10.1. The smallest absolute Gasteiger partial charge is 0.366 e. The summed E-state index contributed by atoms with van der Waals surface area (Å²) in [6.45, 7) is 3.94. The Labute approximate surface area is 176 Å². The average molecular weight is 434 g/mol. The van der Waals surface area contributed by atoms with Crippen LogP contribution in [0, 0.1) is 6.92 Å². The van der Waals surface area contributed by atoms with Crippen molar-refractivity contribution in [1.29, 1.82) is 0 Å². The minimum Gasteiger partial charge on any atom is -0.366 e. The lowest BCUT2D eigenvalue weighted by Gasteiger charge is -2.36. The normalized spacial score (nSPS) is 18.4. The van der Waals surface area contributed by atoms with Crippen molar-refractivity contribution in [1.82, 2.24) is 15.3 Å². The fourth-order valence-corrected chi connectivity index (χ4v) is 3.87. The number of hydrogen-bond acceptors (Lipinski definition) is 5. The molecule has 0 aliphatic carbocycles. The number of rotatable bonds is 3. The van der Waals surface area contributed by atoms with E-state index in [1.165, 1.54) is 11.0 Å². The van der Waals surface area contributed by atoms with Gasteiger partial charge in [0.25, 0.3) is 5.91 Å². The molecular formula is C20H21F3N6O2. The first-order chi connectivity index (χ1) is 14.6. The van der Waals surface area contributed by atoms with Crippen molar-refractivity contribution in [2.24, 2.45) is 0 Å². The predicted molar refractivity (Wildman–Crippen MR) is 108 cm³/mol. The molecule has 0 radical (unpaired) electrons. The summed E-state index contributed by atoms with van der Waals surface area (Å²) in [5, 5.41) is 4.65. The Morgan fingerprint density at radius 2 is 2.06 bits per heavy atom. The highest BCUT2D eigenvalue weighted by atomic mass is 19.4. The largest absolute Gasteiger partial charge is 0.408 e. The van der Waals surface area contributed by atoms with Crippen LogP contribution in [0.15, 0.2) is 30.5 Å². The number of carbonyl (C=O) groups is 2. The fourth-order valence-electron chi connectivity index (χ4n) is 3.87. The molecule has 2 N–H and O–H groups in total. The molecule has 2 atom stereocenters. The zero-order valence-electron chi connectivity index (χ0n) is 16.9. The highest BCUT2D eigenvalue weighted by molar-refractivity contribution is 6.05. The van der Waals surface area contributed by atoms with Crippen LogP contribution in [0.3, 0.4) is 0 Å². The molecule has 31 heavy (non-hydrogen) atoms. The van der Waals surface area contributed by atoms with Crippen LogP contribution in [0.5, 0.6) is 0 Å². The molecule has 0 aromatic carbocycles. The summed E-state index contributed by atoms with van der Waals surface area (Å²) in [6.07, 6.45) is -2.32. The second-order valence-corrected chi connectivity index (χ2v) is 7.64. The lowest BCUT2D eigenvalue weighted by Crippen LogP contribution is -2.49. The summed E-state index contributed by atoms with van der Waals surface area (Å²) in [5.74, 6) is -0.333. The molecule has 4 rings (SSSR count). The van der Waals surface area contributed by atoms with E-state index in [2.05, 4.69) is 20.2 Å². The van der Waals surface area contributed by atoms with Crippen LogP contribution < -0.4 is 20.4 Å². The van der Waals surface area contributed by atoms with Crippen molar-refractivity contribution in [2.75, 3.05) is 28.2 Å². The first kappa shape index (κ1) is 20.9. The molecule has 2 aromatic heterocycles. The van der Waals surface area contributed by atoms with E-state index < -0.39 is 24.2 Å². The lowest BCUT2D eigenvalue weighted by molar-refractivity contribution is -0.149. The van der Waals surface area contributed by atoms with Crippen LogP contribution in [0.1, 0.15) is 29.4 Å². The maximum absolute atomic E-state index is 13.1. The number of nitrogens with one attached hydrogen (secondary N) is 2. The van der Waals surface area contributed by atoms with Crippen LogP contribution in [0.4, 0.5) is 35.3 Å². The van der Waals surface area contributed by atoms with Gasteiger partial charge in [-0.2, -0.15) is 13.2 Å². The number of aromatic nitrogens is 2. The van der Waals surface area contributed by atoms with Crippen molar-refractivity contribution in [2.45, 2.75) is 38.5 Å².